The van der Waals surface area contributed by atoms with Gasteiger partial charge in [0.15, 0.2) is 11.5 Å². The molecular formula is C20H18N2O3. The predicted octanol–water partition coefficient (Wildman–Crippen LogP) is 3.63. The van der Waals surface area contributed by atoms with Crippen LogP contribution >= 0.6 is 0 Å². The molecule has 2 aromatic carbocycles. The van der Waals surface area contributed by atoms with Crippen molar-refractivity contribution in [3.8, 4) is 22.8 Å². The molecule has 0 saturated carbocycles. The summed E-state index contributed by atoms with van der Waals surface area (Å²) in [7, 11) is 0. The van der Waals surface area contributed by atoms with Crippen molar-refractivity contribution in [1.82, 2.24) is 10.1 Å². The number of nitrogens with zero attached hydrogens (tertiary/aromatic N) is 2. The van der Waals surface area contributed by atoms with Gasteiger partial charge in [-0.25, -0.2) is 0 Å². The monoisotopic (exact) mass is 334 g/mol. The van der Waals surface area contributed by atoms with Crippen molar-refractivity contribution in [2.24, 2.45) is 0 Å². The van der Waals surface area contributed by atoms with Gasteiger partial charge in [-0.05, 0) is 6.07 Å². The first-order valence-corrected chi connectivity index (χ1v) is 8.51. The fourth-order valence-electron chi connectivity index (χ4n) is 3.58. The van der Waals surface area contributed by atoms with Crippen LogP contribution in [-0.2, 0) is 19.5 Å². The molecule has 25 heavy (non-hydrogen) atoms. The van der Waals surface area contributed by atoms with Gasteiger partial charge in [0, 0.05) is 42.7 Å². The van der Waals surface area contributed by atoms with Gasteiger partial charge in [-0.2, -0.15) is 0 Å². The Kier molecular flexibility index (Phi) is 3.45. The lowest BCUT2D eigenvalue weighted by Gasteiger charge is -2.26. The van der Waals surface area contributed by atoms with Crippen LogP contribution in [0.2, 0.25) is 0 Å². The molecule has 126 valence electrons. The summed E-state index contributed by atoms with van der Waals surface area (Å²) in [6.45, 7) is 2.90. The first-order valence-electron chi connectivity index (χ1n) is 8.51. The van der Waals surface area contributed by atoms with Crippen LogP contribution in [0.5, 0.6) is 11.5 Å². The zero-order valence-electron chi connectivity index (χ0n) is 13.8. The fraction of sp³-hybridized carbons (Fsp3) is 0.250. The van der Waals surface area contributed by atoms with Gasteiger partial charge in [0.1, 0.15) is 11.5 Å². The van der Waals surface area contributed by atoms with E-state index in [1.807, 2.05) is 30.3 Å². The second-order valence-corrected chi connectivity index (χ2v) is 6.41. The molecule has 0 saturated heterocycles. The summed E-state index contributed by atoms with van der Waals surface area (Å²) in [6, 6.07) is 16.3. The van der Waals surface area contributed by atoms with E-state index in [1.54, 1.807) is 0 Å². The predicted molar refractivity (Wildman–Crippen MR) is 92.3 cm³/mol. The van der Waals surface area contributed by atoms with Gasteiger partial charge in [-0.15, -0.1) is 0 Å². The number of fused-ring (bicyclic) bond motifs is 2. The largest absolute Gasteiger partial charge is 0.454 e. The van der Waals surface area contributed by atoms with Gasteiger partial charge < -0.3 is 14.0 Å². The summed E-state index contributed by atoms with van der Waals surface area (Å²) in [5, 5.41) is 4.32. The van der Waals surface area contributed by atoms with Gasteiger partial charge >= 0.3 is 0 Å². The molecule has 0 radical (unpaired) electrons. The molecule has 0 N–H and O–H groups in total. The Balaban J connectivity index is 1.42. The quantitative estimate of drug-likeness (QED) is 0.732. The molecule has 0 fully saturated rings. The van der Waals surface area contributed by atoms with E-state index >= 15 is 0 Å². The van der Waals surface area contributed by atoms with Gasteiger partial charge in [-0.1, -0.05) is 47.6 Å². The molecule has 0 atom stereocenters. The third-order valence-corrected chi connectivity index (χ3v) is 4.83. The number of aromatic nitrogens is 1. The van der Waals surface area contributed by atoms with Crippen molar-refractivity contribution in [2.45, 2.75) is 19.5 Å². The summed E-state index contributed by atoms with van der Waals surface area (Å²) in [5.41, 5.74) is 4.42. The van der Waals surface area contributed by atoms with Gasteiger partial charge in [-0.3, -0.25) is 4.90 Å². The highest BCUT2D eigenvalue weighted by atomic mass is 16.7. The maximum absolute atomic E-state index is 5.64. The van der Waals surface area contributed by atoms with Crippen LogP contribution in [0.1, 0.15) is 16.9 Å². The Labute approximate surface area is 145 Å². The maximum Gasteiger partial charge on any atom is 0.231 e. The normalized spacial score (nSPS) is 16.0. The lowest BCUT2D eigenvalue weighted by molar-refractivity contribution is 0.171. The van der Waals surface area contributed by atoms with Crippen molar-refractivity contribution < 1.29 is 14.0 Å². The van der Waals surface area contributed by atoms with E-state index in [9.17, 15) is 0 Å². The van der Waals surface area contributed by atoms with Crippen LogP contribution in [0.15, 0.2) is 53.1 Å². The molecule has 3 heterocycles. The average Bonchev–Trinajstić information content (AvgIpc) is 3.29. The third-order valence-electron chi connectivity index (χ3n) is 4.83. The second-order valence-electron chi connectivity index (χ2n) is 6.41. The second kappa shape index (κ2) is 5.93. The van der Waals surface area contributed by atoms with Crippen molar-refractivity contribution in [2.75, 3.05) is 13.3 Å². The molecular weight excluding hydrogens is 316 g/mol. The Morgan fingerprint density at radius 2 is 1.92 bits per heavy atom. The smallest absolute Gasteiger partial charge is 0.231 e. The zero-order valence-corrected chi connectivity index (χ0v) is 13.8. The van der Waals surface area contributed by atoms with Crippen LogP contribution < -0.4 is 9.47 Å². The number of rotatable bonds is 3. The Morgan fingerprint density at radius 1 is 1.00 bits per heavy atom. The number of ether oxygens (including phenoxy) is 2. The molecule has 0 bridgehead atoms. The topological polar surface area (TPSA) is 47.7 Å². The lowest BCUT2D eigenvalue weighted by Crippen LogP contribution is -2.29. The standard InChI is InChI=1S/C20H18N2O3/c1-2-5-14(6-3-1)19-16-12-22(10-9-17(16)25-21-19)11-15-7-4-8-18-20(15)24-13-23-18/h1-8H,9-13H2. The number of para-hydroxylation sites is 1. The molecule has 1 aromatic heterocycles. The van der Waals surface area contributed by atoms with Crippen molar-refractivity contribution in [3.05, 3.63) is 65.4 Å². The number of hydrogen-bond donors (Lipinski definition) is 0. The van der Waals surface area contributed by atoms with Crippen LogP contribution in [0.3, 0.4) is 0 Å². The van der Waals surface area contributed by atoms with Crippen LogP contribution in [0.25, 0.3) is 11.3 Å². The Bertz CT molecular complexity index is 905. The third kappa shape index (κ3) is 2.57. The molecule has 0 amide bonds. The summed E-state index contributed by atoms with van der Waals surface area (Å²) < 4.78 is 16.7. The molecule has 5 heteroatoms. The molecule has 0 spiro atoms. The van der Waals surface area contributed by atoms with E-state index in [4.69, 9.17) is 14.0 Å². The van der Waals surface area contributed by atoms with Crippen LogP contribution in [-0.4, -0.2) is 23.4 Å². The van der Waals surface area contributed by atoms with E-state index in [0.717, 1.165) is 60.1 Å². The van der Waals surface area contributed by atoms with Crippen molar-refractivity contribution in [3.63, 3.8) is 0 Å². The summed E-state index contributed by atoms with van der Waals surface area (Å²) >= 11 is 0. The zero-order chi connectivity index (χ0) is 16.6. The van der Waals surface area contributed by atoms with E-state index in [2.05, 4.69) is 28.3 Å². The molecule has 2 aliphatic heterocycles. The van der Waals surface area contributed by atoms with Crippen molar-refractivity contribution >= 4 is 0 Å². The first-order chi connectivity index (χ1) is 12.4. The fourth-order valence-corrected chi connectivity index (χ4v) is 3.58. The summed E-state index contributed by atoms with van der Waals surface area (Å²) in [6.07, 6.45) is 0.877. The maximum atomic E-state index is 5.64. The minimum atomic E-state index is 0.306. The molecule has 5 rings (SSSR count). The van der Waals surface area contributed by atoms with E-state index < -0.39 is 0 Å². The summed E-state index contributed by atoms with van der Waals surface area (Å²) in [4.78, 5) is 2.41. The highest BCUT2D eigenvalue weighted by molar-refractivity contribution is 5.63. The molecule has 0 unspecified atom stereocenters. The highest BCUT2D eigenvalue weighted by Crippen LogP contribution is 2.37. The van der Waals surface area contributed by atoms with Gasteiger partial charge in [0.25, 0.3) is 0 Å². The highest BCUT2D eigenvalue weighted by Gasteiger charge is 2.26. The lowest BCUT2D eigenvalue weighted by atomic mass is 10.0. The minimum Gasteiger partial charge on any atom is -0.454 e. The van der Waals surface area contributed by atoms with Crippen molar-refractivity contribution in [1.29, 1.82) is 0 Å². The Morgan fingerprint density at radius 3 is 2.84 bits per heavy atom. The molecule has 2 aliphatic rings. The Hall–Kier alpha value is -2.79. The molecule has 0 aliphatic carbocycles. The minimum absolute atomic E-state index is 0.306. The van der Waals surface area contributed by atoms with E-state index in [1.165, 1.54) is 5.56 Å². The van der Waals surface area contributed by atoms with Gasteiger partial charge in [0.05, 0.1) is 0 Å². The molecule has 5 nitrogen and oxygen atoms in total. The van der Waals surface area contributed by atoms with E-state index in [0.29, 0.717) is 6.79 Å². The first kappa shape index (κ1) is 14.5. The number of benzene rings is 2. The summed E-state index contributed by atoms with van der Waals surface area (Å²) in [5.74, 6) is 2.72. The van der Waals surface area contributed by atoms with Crippen LogP contribution in [0.4, 0.5) is 0 Å². The van der Waals surface area contributed by atoms with Crippen LogP contribution in [0, 0.1) is 0 Å². The van der Waals surface area contributed by atoms with E-state index in [-0.39, 0.29) is 0 Å². The average molecular weight is 334 g/mol. The number of hydrogen-bond acceptors (Lipinski definition) is 5. The SMILES string of the molecule is c1ccc(-c2noc3c2CN(Cc2cccc4c2OCO4)CC3)cc1. The van der Waals surface area contributed by atoms with Gasteiger partial charge in [0.2, 0.25) is 6.79 Å². The molecule has 3 aromatic rings.